The van der Waals surface area contributed by atoms with Crippen LogP contribution in [0.4, 0.5) is 0 Å². The maximum absolute atomic E-state index is 11.1. The van der Waals surface area contributed by atoms with Gasteiger partial charge in [0.2, 0.25) is 0 Å². The molecule has 1 aromatic rings. The molecule has 1 aromatic heterocycles. The lowest BCUT2D eigenvalue weighted by molar-refractivity contribution is 0.0962. The molecule has 0 aromatic carbocycles. The van der Waals surface area contributed by atoms with Crippen LogP contribution in [0.25, 0.3) is 0 Å². The molecule has 0 aliphatic rings. The maximum atomic E-state index is 11.1. The van der Waals surface area contributed by atoms with Crippen molar-refractivity contribution < 1.29 is 4.79 Å². The molecule has 3 nitrogen and oxygen atoms in total. The molecule has 0 saturated heterocycles. The van der Waals surface area contributed by atoms with E-state index in [4.69, 9.17) is 0 Å². The summed E-state index contributed by atoms with van der Waals surface area (Å²) >= 11 is 0. The number of rotatable bonds is 2. The molecule has 0 bridgehead atoms. The monoisotopic (exact) mass is 164 g/mol. The zero-order chi connectivity index (χ0) is 8.97. The normalized spacial score (nSPS) is 9.50. The Morgan fingerprint density at radius 2 is 2.33 bits per heavy atom. The standard InChI is InChI=1S/C9H12N2O/c1-3-7-4-8(6-11-5-7)9(12)10-2/h4-6H,3H2,1-2H3,(H,10,12). The molecule has 0 atom stereocenters. The second-order valence-corrected chi connectivity index (χ2v) is 2.51. The Morgan fingerprint density at radius 1 is 1.58 bits per heavy atom. The zero-order valence-electron chi connectivity index (χ0n) is 7.29. The molecule has 1 rings (SSSR count). The topological polar surface area (TPSA) is 42.0 Å². The van der Waals surface area contributed by atoms with Crippen LogP contribution in [-0.4, -0.2) is 17.9 Å². The van der Waals surface area contributed by atoms with E-state index in [9.17, 15) is 4.79 Å². The van der Waals surface area contributed by atoms with Crippen LogP contribution < -0.4 is 5.32 Å². The quantitative estimate of drug-likeness (QED) is 0.708. The molecule has 0 fully saturated rings. The summed E-state index contributed by atoms with van der Waals surface area (Å²) in [5.41, 5.74) is 1.70. The zero-order valence-corrected chi connectivity index (χ0v) is 7.29. The van der Waals surface area contributed by atoms with Gasteiger partial charge in [0.1, 0.15) is 0 Å². The van der Waals surface area contributed by atoms with Crippen molar-refractivity contribution in [3.63, 3.8) is 0 Å². The molecule has 1 N–H and O–H groups in total. The highest BCUT2D eigenvalue weighted by Crippen LogP contribution is 2.02. The lowest BCUT2D eigenvalue weighted by Gasteiger charge is -2.00. The first kappa shape index (κ1) is 8.71. The first-order chi connectivity index (χ1) is 5.77. The van der Waals surface area contributed by atoms with Gasteiger partial charge in [-0.15, -0.1) is 0 Å². The molecule has 3 heteroatoms. The fourth-order valence-corrected chi connectivity index (χ4v) is 0.949. The van der Waals surface area contributed by atoms with E-state index in [2.05, 4.69) is 10.3 Å². The number of hydrogen-bond donors (Lipinski definition) is 1. The van der Waals surface area contributed by atoms with E-state index >= 15 is 0 Å². The third-order valence-corrected chi connectivity index (χ3v) is 1.69. The van der Waals surface area contributed by atoms with Crippen molar-refractivity contribution in [1.29, 1.82) is 0 Å². The molecule has 0 radical (unpaired) electrons. The average Bonchev–Trinajstić information content (AvgIpc) is 2.17. The Bertz CT molecular complexity index is 284. The first-order valence-corrected chi connectivity index (χ1v) is 3.94. The molecule has 0 saturated carbocycles. The van der Waals surface area contributed by atoms with Gasteiger partial charge in [-0.2, -0.15) is 0 Å². The van der Waals surface area contributed by atoms with E-state index in [1.54, 1.807) is 19.4 Å². The van der Waals surface area contributed by atoms with Crippen LogP contribution in [0.1, 0.15) is 22.8 Å². The lowest BCUT2D eigenvalue weighted by Crippen LogP contribution is -2.18. The van der Waals surface area contributed by atoms with E-state index in [-0.39, 0.29) is 5.91 Å². The Morgan fingerprint density at radius 3 is 2.92 bits per heavy atom. The van der Waals surface area contributed by atoms with Gasteiger partial charge >= 0.3 is 0 Å². The Labute approximate surface area is 71.8 Å². The molecule has 0 spiro atoms. The van der Waals surface area contributed by atoms with Gasteiger partial charge in [-0.1, -0.05) is 6.92 Å². The van der Waals surface area contributed by atoms with Gasteiger partial charge in [-0.25, -0.2) is 0 Å². The van der Waals surface area contributed by atoms with Crippen molar-refractivity contribution in [3.05, 3.63) is 29.6 Å². The van der Waals surface area contributed by atoms with E-state index < -0.39 is 0 Å². The Kier molecular flexibility index (Phi) is 2.80. The molecule has 64 valence electrons. The van der Waals surface area contributed by atoms with E-state index in [0.717, 1.165) is 12.0 Å². The van der Waals surface area contributed by atoms with Gasteiger partial charge in [-0.3, -0.25) is 9.78 Å². The molecule has 1 amide bonds. The SMILES string of the molecule is CCc1cncc(C(=O)NC)c1. The predicted molar refractivity (Wildman–Crippen MR) is 47.0 cm³/mol. The van der Waals surface area contributed by atoms with Crippen LogP contribution in [0.15, 0.2) is 18.5 Å². The maximum Gasteiger partial charge on any atom is 0.252 e. The number of amides is 1. The van der Waals surface area contributed by atoms with Crippen molar-refractivity contribution in [2.75, 3.05) is 7.05 Å². The summed E-state index contributed by atoms with van der Waals surface area (Å²) in [6.07, 6.45) is 4.24. The molecular formula is C9H12N2O. The molecule has 0 aliphatic heterocycles. The largest absolute Gasteiger partial charge is 0.355 e. The first-order valence-electron chi connectivity index (χ1n) is 3.94. The lowest BCUT2D eigenvalue weighted by atomic mass is 10.1. The third-order valence-electron chi connectivity index (χ3n) is 1.69. The fourth-order valence-electron chi connectivity index (χ4n) is 0.949. The van der Waals surface area contributed by atoms with Crippen molar-refractivity contribution in [3.8, 4) is 0 Å². The Hall–Kier alpha value is -1.38. The molecule has 0 aliphatic carbocycles. The van der Waals surface area contributed by atoms with Crippen LogP contribution in [0.5, 0.6) is 0 Å². The van der Waals surface area contributed by atoms with E-state index in [1.165, 1.54) is 0 Å². The van der Waals surface area contributed by atoms with Gasteiger partial charge in [0, 0.05) is 19.4 Å². The van der Waals surface area contributed by atoms with Gasteiger partial charge in [0.05, 0.1) is 5.56 Å². The molecule has 12 heavy (non-hydrogen) atoms. The van der Waals surface area contributed by atoms with Gasteiger partial charge < -0.3 is 5.32 Å². The Balaban J connectivity index is 2.93. The number of hydrogen-bond acceptors (Lipinski definition) is 2. The van der Waals surface area contributed by atoms with Crippen molar-refractivity contribution in [1.82, 2.24) is 10.3 Å². The highest BCUT2D eigenvalue weighted by atomic mass is 16.1. The van der Waals surface area contributed by atoms with Crippen molar-refractivity contribution in [2.45, 2.75) is 13.3 Å². The van der Waals surface area contributed by atoms with Gasteiger partial charge in [-0.05, 0) is 18.1 Å². The summed E-state index contributed by atoms with van der Waals surface area (Å²) in [6, 6.07) is 1.85. The number of pyridine rings is 1. The van der Waals surface area contributed by atoms with Gasteiger partial charge in [0.15, 0.2) is 0 Å². The second-order valence-electron chi connectivity index (χ2n) is 2.51. The minimum absolute atomic E-state index is 0.0854. The highest BCUT2D eigenvalue weighted by Gasteiger charge is 2.02. The third kappa shape index (κ3) is 1.81. The molecular weight excluding hydrogens is 152 g/mol. The number of aryl methyl sites for hydroxylation is 1. The van der Waals surface area contributed by atoms with Crippen LogP contribution >= 0.6 is 0 Å². The molecule has 0 unspecified atom stereocenters. The summed E-state index contributed by atoms with van der Waals surface area (Å²) < 4.78 is 0. The highest BCUT2D eigenvalue weighted by molar-refractivity contribution is 5.93. The minimum atomic E-state index is -0.0854. The van der Waals surface area contributed by atoms with Crippen LogP contribution in [-0.2, 0) is 6.42 Å². The number of nitrogens with one attached hydrogen (secondary N) is 1. The van der Waals surface area contributed by atoms with E-state index in [0.29, 0.717) is 5.56 Å². The second kappa shape index (κ2) is 3.85. The number of nitrogens with zero attached hydrogens (tertiary/aromatic N) is 1. The predicted octanol–water partition coefficient (Wildman–Crippen LogP) is 1.00. The average molecular weight is 164 g/mol. The van der Waals surface area contributed by atoms with Gasteiger partial charge in [0.25, 0.3) is 5.91 Å². The summed E-state index contributed by atoms with van der Waals surface area (Å²) in [5.74, 6) is -0.0854. The smallest absolute Gasteiger partial charge is 0.252 e. The summed E-state index contributed by atoms with van der Waals surface area (Å²) in [4.78, 5) is 15.1. The van der Waals surface area contributed by atoms with Crippen LogP contribution in [0, 0.1) is 0 Å². The number of carbonyl (C=O) groups excluding carboxylic acids is 1. The number of aromatic nitrogens is 1. The van der Waals surface area contributed by atoms with Crippen molar-refractivity contribution in [2.24, 2.45) is 0 Å². The summed E-state index contributed by atoms with van der Waals surface area (Å²) in [6.45, 7) is 2.03. The number of carbonyl (C=O) groups is 1. The minimum Gasteiger partial charge on any atom is -0.355 e. The molecule has 1 heterocycles. The van der Waals surface area contributed by atoms with Crippen LogP contribution in [0.2, 0.25) is 0 Å². The fraction of sp³-hybridized carbons (Fsp3) is 0.333. The summed E-state index contributed by atoms with van der Waals surface area (Å²) in [7, 11) is 1.61. The van der Waals surface area contributed by atoms with Crippen LogP contribution in [0.3, 0.4) is 0 Å². The van der Waals surface area contributed by atoms with Crippen molar-refractivity contribution >= 4 is 5.91 Å². The summed E-state index contributed by atoms with van der Waals surface area (Å²) in [5, 5.41) is 2.55. The van der Waals surface area contributed by atoms with E-state index in [1.807, 2.05) is 13.0 Å².